The highest BCUT2D eigenvalue weighted by molar-refractivity contribution is 9.08. The second-order valence-electron chi connectivity index (χ2n) is 2.41. The first-order valence-corrected chi connectivity index (χ1v) is 5.82. The number of hydrogen-bond donors (Lipinski definition) is 0. The molecule has 0 aliphatic rings. The smallest absolute Gasteiger partial charge is 0.119 e. The lowest BCUT2D eigenvalue weighted by atomic mass is 10.2. The fourth-order valence-electron chi connectivity index (χ4n) is 0.997. The minimum Gasteiger partial charge on any atom is -0.497 e. The molecule has 0 aromatic heterocycles. The molecule has 0 amide bonds. The highest BCUT2D eigenvalue weighted by Crippen LogP contribution is 2.27. The van der Waals surface area contributed by atoms with Gasteiger partial charge in [0.25, 0.3) is 0 Å². The van der Waals surface area contributed by atoms with Crippen molar-refractivity contribution in [2.75, 3.05) is 12.8 Å². The molecular weight excluding hydrogens is 249 g/mol. The highest BCUT2D eigenvalue weighted by atomic mass is 79.9. The molecule has 1 aromatic rings. The van der Waals surface area contributed by atoms with Crippen LogP contribution < -0.4 is 4.74 Å². The molecule has 72 valence electrons. The van der Waals surface area contributed by atoms with E-state index >= 15 is 0 Å². The van der Waals surface area contributed by atoms with E-state index in [-0.39, 0.29) is 0 Å². The lowest BCUT2D eigenvalue weighted by Gasteiger charge is -2.07. The normalized spacial score (nSPS) is 17.2. The number of ether oxygens (including phenoxy) is 1. The zero-order valence-electron chi connectivity index (χ0n) is 9.63. The Balaban J connectivity index is 2.97. The molecule has 0 bridgehead atoms. The van der Waals surface area contributed by atoms with Gasteiger partial charge in [-0.05, 0) is 29.5 Å². The average Bonchev–Trinajstić information content (AvgIpc) is 2.16. The van der Waals surface area contributed by atoms with E-state index in [4.69, 9.17) is 7.48 Å². The van der Waals surface area contributed by atoms with Gasteiger partial charge >= 0.3 is 0 Å². The maximum atomic E-state index is 7.52. The number of rotatable bonds is 4. The SMILES string of the molecule is [1H][13C@@]([2H])(C)Sc1ccc(OC)cc1CBr. The van der Waals surface area contributed by atoms with E-state index in [0.717, 1.165) is 16.2 Å². The maximum Gasteiger partial charge on any atom is 0.119 e. The first-order chi connectivity index (χ1) is 6.96. The predicted octanol–water partition coefficient (Wildman–Crippen LogP) is 3.70. The van der Waals surface area contributed by atoms with Crippen LogP contribution in [0, 0.1) is 0 Å². The molecule has 1 nitrogen and oxygen atoms in total. The molecule has 13 heavy (non-hydrogen) atoms. The van der Waals surface area contributed by atoms with E-state index in [2.05, 4.69) is 15.9 Å². The van der Waals surface area contributed by atoms with Crippen molar-refractivity contribution in [1.82, 2.24) is 0 Å². The number of thioether (sulfide) groups is 1. The van der Waals surface area contributed by atoms with Crippen molar-refractivity contribution in [3.8, 4) is 5.75 Å². The molecule has 1 aromatic carbocycles. The van der Waals surface area contributed by atoms with Crippen LogP contribution in [0.2, 0.25) is 0 Å². The minimum absolute atomic E-state index is 0.697. The van der Waals surface area contributed by atoms with Crippen LogP contribution in [0.5, 0.6) is 5.75 Å². The summed E-state index contributed by atoms with van der Waals surface area (Å²) in [4.78, 5) is 0.945. The molecule has 0 saturated carbocycles. The maximum absolute atomic E-state index is 7.52. The molecule has 0 spiro atoms. The summed E-state index contributed by atoms with van der Waals surface area (Å²) < 4.78 is 20.2. The summed E-state index contributed by atoms with van der Waals surface area (Å²) in [5.74, 6) is 0.797. The van der Waals surface area contributed by atoms with Gasteiger partial charge in [-0.15, -0.1) is 11.8 Å². The van der Waals surface area contributed by atoms with Crippen LogP contribution in [-0.4, -0.2) is 12.8 Å². The number of alkyl halides is 1. The third-order valence-electron chi connectivity index (χ3n) is 1.62. The summed E-state index contributed by atoms with van der Waals surface area (Å²) in [5.41, 5.74) is -0.212. The average molecular weight is 263 g/mol. The Hall–Kier alpha value is -0.150. The lowest BCUT2D eigenvalue weighted by molar-refractivity contribution is 0.414. The van der Waals surface area contributed by atoms with Gasteiger partial charge in [-0.2, -0.15) is 0 Å². The molecule has 0 unspecified atom stereocenters. The van der Waals surface area contributed by atoms with Crippen LogP contribution in [-0.2, 0) is 5.33 Å². The number of hydrogen-bond acceptors (Lipinski definition) is 2. The molecule has 3 heteroatoms. The van der Waals surface area contributed by atoms with Gasteiger partial charge in [0.15, 0.2) is 0 Å². The molecule has 0 aliphatic carbocycles. The van der Waals surface area contributed by atoms with Crippen LogP contribution in [0.15, 0.2) is 23.1 Å². The second-order valence-corrected chi connectivity index (χ2v) is 4.03. The summed E-state index contributed by atoms with van der Waals surface area (Å²) in [7, 11) is 1.62. The Labute approximate surface area is 94.8 Å². The summed E-state index contributed by atoms with van der Waals surface area (Å²) >= 11 is 4.61. The van der Waals surface area contributed by atoms with Gasteiger partial charge < -0.3 is 4.74 Å². The zero-order valence-corrected chi connectivity index (χ0v) is 10.0. The van der Waals surface area contributed by atoms with E-state index in [1.165, 1.54) is 11.8 Å². The van der Waals surface area contributed by atoms with E-state index in [1.807, 2.05) is 18.2 Å². The Bertz CT molecular complexity index is 339. The second kappa shape index (κ2) is 5.55. The topological polar surface area (TPSA) is 9.23 Å². The van der Waals surface area contributed by atoms with E-state index < -0.39 is 5.70 Å². The van der Waals surface area contributed by atoms with Crippen molar-refractivity contribution < 1.29 is 7.48 Å². The van der Waals surface area contributed by atoms with Crippen molar-refractivity contribution in [3.63, 3.8) is 0 Å². The van der Waals surface area contributed by atoms with Crippen LogP contribution in [0.25, 0.3) is 0 Å². The van der Waals surface area contributed by atoms with E-state index in [0.29, 0.717) is 5.33 Å². The third kappa shape index (κ3) is 2.92. The molecule has 0 saturated heterocycles. The molecular formula is C10H13BrOS. The fourth-order valence-corrected chi connectivity index (χ4v) is 2.26. The zero-order chi connectivity index (χ0) is 11.5. The Kier molecular flexibility index (Phi) is 3.50. The minimum atomic E-state index is -1.26. The van der Waals surface area contributed by atoms with Crippen molar-refractivity contribution in [3.05, 3.63) is 23.8 Å². The molecule has 0 aliphatic heterocycles. The van der Waals surface area contributed by atoms with Crippen molar-refractivity contribution in [1.29, 1.82) is 0 Å². The van der Waals surface area contributed by atoms with Gasteiger partial charge in [0.2, 0.25) is 0 Å². The summed E-state index contributed by atoms with van der Waals surface area (Å²) in [5, 5.41) is 0.697. The number of methoxy groups -OCH3 is 1. The van der Waals surface area contributed by atoms with Crippen LogP contribution in [0.4, 0.5) is 0 Å². The standard InChI is InChI=1S/C10H13BrOS/c1-3-13-10-5-4-9(12-2)6-8(10)7-11/h4-6H,3,7H2,1-2H3/i3+1DH/t3-/m1/s1. The molecule has 1 rings (SSSR count). The van der Waals surface area contributed by atoms with Gasteiger partial charge in [0, 0.05) is 13.0 Å². The van der Waals surface area contributed by atoms with Crippen LogP contribution in [0.1, 0.15) is 15.2 Å². The molecule has 0 fully saturated rings. The summed E-state index contributed by atoms with van der Waals surface area (Å²) in [6.07, 6.45) is 0. The van der Waals surface area contributed by atoms with Gasteiger partial charge in [-0.3, -0.25) is 0 Å². The van der Waals surface area contributed by atoms with Crippen molar-refractivity contribution in [2.24, 2.45) is 0 Å². The Morgan fingerprint density at radius 1 is 1.77 bits per heavy atom. The monoisotopic (exact) mass is 262 g/mol. The largest absolute Gasteiger partial charge is 0.497 e. The van der Waals surface area contributed by atoms with Gasteiger partial charge in [0.1, 0.15) is 5.75 Å². The first-order valence-electron chi connectivity index (χ1n) is 4.88. The summed E-state index contributed by atoms with van der Waals surface area (Å²) in [6, 6.07) is 5.66. The third-order valence-corrected chi connectivity index (χ3v) is 3.05. The fraction of sp³-hybridized carbons (Fsp3) is 0.400. The predicted molar refractivity (Wildman–Crippen MR) is 62.0 cm³/mol. The Morgan fingerprint density at radius 3 is 3.08 bits per heavy atom. The summed E-state index contributed by atoms with van der Waals surface area (Å²) in [6.45, 7) is 1.56. The van der Waals surface area contributed by atoms with Gasteiger partial charge in [-0.25, -0.2) is 0 Å². The highest BCUT2D eigenvalue weighted by Gasteiger charge is 2.02. The van der Waals surface area contributed by atoms with Crippen molar-refractivity contribution >= 4 is 27.7 Å². The lowest BCUT2D eigenvalue weighted by Crippen LogP contribution is -1.88. The van der Waals surface area contributed by atoms with E-state index in [9.17, 15) is 0 Å². The molecule has 0 heterocycles. The number of halogens is 1. The molecule has 0 radical (unpaired) electrons. The van der Waals surface area contributed by atoms with Crippen LogP contribution >= 0.6 is 27.7 Å². The van der Waals surface area contributed by atoms with Crippen molar-refractivity contribution in [2.45, 2.75) is 17.1 Å². The molecule has 0 N–H and O–H groups in total. The van der Waals surface area contributed by atoms with Gasteiger partial charge in [-0.1, -0.05) is 22.9 Å². The van der Waals surface area contributed by atoms with Crippen LogP contribution in [0.3, 0.4) is 0 Å². The number of benzene rings is 1. The quantitative estimate of drug-likeness (QED) is 0.465. The molecule has 1 atom stereocenters. The first kappa shape index (κ1) is 8.18. The van der Waals surface area contributed by atoms with E-state index in [1.54, 1.807) is 14.0 Å². The van der Waals surface area contributed by atoms with Gasteiger partial charge in [0.05, 0.1) is 7.11 Å². The Morgan fingerprint density at radius 2 is 2.54 bits per heavy atom.